The van der Waals surface area contributed by atoms with E-state index in [-0.39, 0.29) is 0 Å². The van der Waals surface area contributed by atoms with E-state index in [1.807, 2.05) is 0 Å². The summed E-state index contributed by atoms with van der Waals surface area (Å²) in [4.78, 5) is 1.76. The molecule has 1 rings (SSSR count). The highest BCUT2D eigenvalue weighted by molar-refractivity contribution is 9.09. The Morgan fingerprint density at radius 3 is 2.43 bits per heavy atom. The Morgan fingerprint density at radius 2 is 2.07 bits per heavy atom. The number of rotatable bonds is 2. The molecule has 0 saturated heterocycles. The van der Waals surface area contributed by atoms with Crippen LogP contribution in [0.2, 0.25) is 4.34 Å². The second-order valence-corrected chi connectivity index (χ2v) is 7.63. The minimum atomic E-state index is 0.346. The lowest BCUT2D eigenvalue weighted by atomic mass is 9.90. The highest BCUT2D eigenvalue weighted by atomic mass is 79.9. The molecule has 1 atom stereocenters. The summed E-state index contributed by atoms with van der Waals surface area (Å²) in [5.41, 5.74) is 1.53. The second-order valence-electron chi connectivity index (χ2n) is 4.84. The summed E-state index contributed by atoms with van der Waals surface area (Å²) in [5.74, 6) is 0. The lowest BCUT2D eigenvalue weighted by Crippen LogP contribution is -2.07. The van der Waals surface area contributed by atoms with E-state index in [0.29, 0.717) is 10.2 Å². The van der Waals surface area contributed by atoms with E-state index in [2.05, 4.69) is 49.7 Å². The maximum absolute atomic E-state index is 6.04. The fourth-order valence-corrected chi connectivity index (χ4v) is 3.86. The van der Waals surface area contributed by atoms with Crippen molar-refractivity contribution >= 4 is 38.9 Å². The summed E-state index contributed by atoms with van der Waals surface area (Å²) in [5, 5.41) is 0. The second kappa shape index (κ2) is 4.54. The van der Waals surface area contributed by atoms with Crippen LogP contribution in [0.25, 0.3) is 0 Å². The molecule has 0 spiro atoms. The molecule has 0 amide bonds. The van der Waals surface area contributed by atoms with Gasteiger partial charge in [-0.1, -0.05) is 48.3 Å². The SMILES string of the molecule is Cc1cc(C(Br)CC(C)(C)C)sc1Cl. The highest BCUT2D eigenvalue weighted by Crippen LogP contribution is 2.41. The van der Waals surface area contributed by atoms with Crippen molar-refractivity contribution in [2.75, 3.05) is 0 Å². The monoisotopic (exact) mass is 294 g/mol. The number of hydrogen-bond acceptors (Lipinski definition) is 1. The molecule has 0 saturated carbocycles. The number of halogens is 2. The molecule has 1 aromatic rings. The third-order valence-corrected chi connectivity index (χ3v) is 4.77. The van der Waals surface area contributed by atoms with Crippen molar-refractivity contribution in [1.29, 1.82) is 0 Å². The van der Waals surface area contributed by atoms with E-state index in [0.717, 1.165) is 10.8 Å². The molecule has 0 radical (unpaired) electrons. The van der Waals surface area contributed by atoms with Crippen molar-refractivity contribution in [3.05, 3.63) is 20.8 Å². The van der Waals surface area contributed by atoms with Gasteiger partial charge in [-0.25, -0.2) is 0 Å². The Hall–Kier alpha value is 0.470. The number of thiophene rings is 1. The van der Waals surface area contributed by atoms with Gasteiger partial charge in [0.05, 0.1) is 4.34 Å². The summed E-state index contributed by atoms with van der Waals surface area (Å²) < 4.78 is 0.915. The number of alkyl halides is 1. The fraction of sp³-hybridized carbons (Fsp3) is 0.636. The zero-order chi connectivity index (χ0) is 10.9. The molecule has 1 aromatic heterocycles. The minimum absolute atomic E-state index is 0.346. The third kappa shape index (κ3) is 3.56. The van der Waals surface area contributed by atoms with E-state index in [1.54, 1.807) is 11.3 Å². The van der Waals surface area contributed by atoms with Gasteiger partial charge in [-0.15, -0.1) is 11.3 Å². The Balaban J connectivity index is 2.75. The summed E-state index contributed by atoms with van der Waals surface area (Å²) in [6, 6.07) is 2.18. The van der Waals surface area contributed by atoms with Gasteiger partial charge in [0.15, 0.2) is 0 Å². The largest absolute Gasteiger partial charge is 0.127 e. The lowest BCUT2D eigenvalue weighted by Gasteiger charge is -2.21. The van der Waals surface area contributed by atoms with E-state index < -0.39 is 0 Å². The van der Waals surface area contributed by atoms with Gasteiger partial charge in [-0.3, -0.25) is 0 Å². The summed E-state index contributed by atoms with van der Waals surface area (Å²) in [7, 11) is 0. The van der Waals surface area contributed by atoms with Crippen molar-refractivity contribution in [2.45, 2.75) is 38.9 Å². The topological polar surface area (TPSA) is 0 Å². The van der Waals surface area contributed by atoms with Crippen molar-refractivity contribution in [2.24, 2.45) is 5.41 Å². The van der Waals surface area contributed by atoms with Gasteiger partial charge in [0, 0.05) is 9.70 Å². The highest BCUT2D eigenvalue weighted by Gasteiger charge is 2.19. The minimum Gasteiger partial charge on any atom is -0.127 e. The molecule has 0 aromatic carbocycles. The molecule has 0 N–H and O–H groups in total. The van der Waals surface area contributed by atoms with Crippen LogP contribution in [0.3, 0.4) is 0 Å². The van der Waals surface area contributed by atoms with E-state index in [4.69, 9.17) is 11.6 Å². The zero-order valence-corrected chi connectivity index (χ0v) is 12.2. The molecular weight excluding hydrogens is 280 g/mol. The molecule has 0 fully saturated rings. The normalized spacial score (nSPS) is 14.4. The van der Waals surface area contributed by atoms with Crippen molar-refractivity contribution in [1.82, 2.24) is 0 Å². The maximum atomic E-state index is 6.04. The van der Waals surface area contributed by atoms with Gasteiger partial charge < -0.3 is 0 Å². The van der Waals surface area contributed by atoms with Gasteiger partial charge in [0.1, 0.15) is 0 Å². The quantitative estimate of drug-likeness (QED) is 0.625. The summed E-state index contributed by atoms with van der Waals surface area (Å²) in [6.07, 6.45) is 1.13. The molecule has 0 aliphatic carbocycles. The summed E-state index contributed by atoms with van der Waals surface area (Å²) in [6.45, 7) is 8.81. The number of aryl methyl sites for hydroxylation is 1. The molecule has 3 heteroatoms. The third-order valence-electron chi connectivity index (χ3n) is 1.98. The van der Waals surface area contributed by atoms with Crippen LogP contribution in [0, 0.1) is 12.3 Å². The average molecular weight is 296 g/mol. The molecular formula is C11H16BrClS. The van der Waals surface area contributed by atoms with Gasteiger partial charge in [0.2, 0.25) is 0 Å². The van der Waals surface area contributed by atoms with Gasteiger partial charge in [0.25, 0.3) is 0 Å². The average Bonchev–Trinajstić information content (AvgIpc) is 2.28. The van der Waals surface area contributed by atoms with Crippen LogP contribution in [0.4, 0.5) is 0 Å². The van der Waals surface area contributed by atoms with Crippen LogP contribution >= 0.6 is 38.9 Å². The van der Waals surface area contributed by atoms with Gasteiger partial charge in [-0.2, -0.15) is 0 Å². The molecule has 80 valence electrons. The van der Waals surface area contributed by atoms with E-state index in [9.17, 15) is 0 Å². The summed E-state index contributed by atoms with van der Waals surface area (Å²) >= 11 is 11.4. The predicted octanol–water partition coefficient (Wildman–Crippen LogP) is 5.58. The van der Waals surface area contributed by atoms with Crippen LogP contribution < -0.4 is 0 Å². The first-order chi connectivity index (χ1) is 6.29. The first-order valence-corrected chi connectivity index (χ1v) is 6.80. The predicted molar refractivity (Wildman–Crippen MR) is 69.8 cm³/mol. The zero-order valence-electron chi connectivity index (χ0n) is 9.03. The van der Waals surface area contributed by atoms with Crippen molar-refractivity contribution in [3.63, 3.8) is 0 Å². The molecule has 1 heterocycles. The molecule has 0 nitrogen and oxygen atoms in total. The molecule has 0 aliphatic rings. The standard InChI is InChI=1S/C11H16BrClS/c1-7-5-9(14-10(7)13)8(12)6-11(2,3)4/h5,8H,6H2,1-4H3. The van der Waals surface area contributed by atoms with E-state index >= 15 is 0 Å². The number of hydrogen-bond donors (Lipinski definition) is 0. The van der Waals surface area contributed by atoms with E-state index in [1.165, 1.54) is 10.4 Å². The Labute approximate surface area is 104 Å². The van der Waals surface area contributed by atoms with Crippen molar-refractivity contribution in [3.8, 4) is 0 Å². The lowest BCUT2D eigenvalue weighted by molar-refractivity contribution is 0.378. The van der Waals surface area contributed by atoms with Crippen LogP contribution in [-0.2, 0) is 0 Å². The molecule has 1 unspecified atom stereocenters. The Morgan fingerprint density at radius 1 is 1.50 bits per heavy atom. The van der Waals surface area contributed by atoms with Crippen LogP contribution in [0.5, 0.6) is 0 Å². The van der Waals surface area contributed by atoms with Crippen LogP contribution in [0.15, 0.2) is 6.07 Å². The van der Waals surface area contributed by atoms with Crippen LogP contribution in [-0.4, -0.2) is 0 Å². The first kappa shape index (κ1) is 12.5. The molecule has 0 bridgehead atoms. The Bertz CT molecular complexity index is 292. The molecule has 14 heavy (non-hydrogen) atoms. The Kier molecular flexibility index (Phi) is 4.07. The van der Waals surface area contributed by atoms with Crippen LogP contribution in [0.1, 0.15) is 42.5 Å². The van der Waals surface area contributed by atoms with Crippen molar-refractivity contribution < 1.29 is 0 Å². The van der Waals surface area contributed by atoms with Gasteiger partial charge >= 0.3 is 0 Å². The first-order valence-electron chi connectivity index (χ1n) is 4.69. The molecule has 0 aliphatic heterocycles. The van der Waals surface area contributed by atoms with Gasteiger partial charge in [-0.05, 0) is 30.4 Å². The maximum Gasteiger partial charge on any atom is 0.0960 e. The fourth-order valence-electron chi connectivity index (χ4n) is 1.28. The smallest absolute Gasteiger partial charge is 0.0960 e.